The fourth-order valence-corrected chi connectivity index (χ4v) is 1.81. The van der Waals surface area contributed by atoms with Gasteiger partial charge in [-0.2, -0.15) is 0 Å². The number of benzene rings is 1. The lowest BCUT2D eigenvalue weighted by atomic mass is 10.2. The molecule has 0 aliphatic rings. The molecule has 2 aromatic rings. The van der Waals surface area contributed by atoms with Crippen LogP contribution >= 0.6 is 0 Å². The number of hydrogen-bond donors (Lipinski definition) is 1. The Morgan fingerprint density at radius 1 is 1.15 bits per heavy atom. The number of nitrogens with one attached hydrogen (secondary N) is 1. The van der Waals surface area contributed by atoms with Crippen molar-refractivity contribution in [1.29, 1.82) is 0 Å². The van der Waals surface area contributed by atoms with Crippen molar-refractivity contribution in [1.82, 2.24) is 9.97 Å². The molecule has 1 heterocycles. The summed E-state index contributed by atoms with van der Waals surface area (Å²) in [6, 6.07) is 8.21. The summed E-state index contributed by atoms with van der Waals surface area (Å²) in [4.78, 5) is 10.9. The zero-order valence-electron chi connectivity index (χ0n) is 12.2. The van der Waals surface area contributed by atoms with E-state index in [1.165, 1.54) is 12.1 Å². The van der Waals surface area contributed by atoms with Crippen LogP contribution < -0.4 is 10.2 Å². The first-order chi connectivity index (χ1) is 9.51. The molecule has 4 nitrogen and oxygen atoms in total. The molecule has 0 saturated heterocycles. The van der Waals surface area contributed by atoms with Crippen molar-refractivity contribution in [3.63, 3.8) is 0 Å². The number of halogens is 1. The highest BCUT2D eigenvalue weighted by Gasteiger charge is 2.11. The molecular weight excluding hydrogens is 255 g/mol. The fourth-order valence-electron chi connectivity index (χ4n) is 1.81. The zero-order valence-corrected chi connectivity index (χ0v) is 12.2. The average Bonchev–Trinajstić information content (AvgIpc) is 2.46. The van der Waals surface area contributed by atoms with Gasteiger partial charge in [0.05, 0.1) is 0 Å². The van der Waals surface area contributed by atoms with E-state index in [4.69, 9.17) is 0 Å². The Morgan fingerprint density at radius 3 is 2.35 bits per heavy atom. The smallest absolute Gasteiger partial charge is 0.138 e. The molecule has 0 radical (unpaired) electrons. The van der Waals surface area contributed by atoms with E-state index >= 15 is 0 Å². The standard InChI is InChI=1S/C15H19FN4/c1-10(2)15-18-13(17-3)9-14(19-15)20(4)12-7-5-11(16)6-8-12/h5-10H,1-4H3,(H,17,18,19). The number of rotatable bonds is 4. The highest BCUT2D eigenvalue weighted by atomic mass is 19.1. The highest BCUT2D eigenvalue weighted by Crippen LogP contribution is 2.25. The molecule has 0 spiro atoms. The van der Waals surface area contributed by atoms with Gasteiger partial charge in [-0.15, -0.1) is 0 Å². The van der Waals surface area contributed by atoms with E-state index in [1.807, 2.05) is 25.1 Å². The zero-order chi connectivity index (χ0) is 14.7. The molecule has 0 aliphatic heterocycles. The second kappa shape index (κ2) is 5.86. The van der Waals surface area contributed by atoms with Crippen LogP contribution in [0, 0.1) is 5.82 Å². The SMILES string of the molecule is CNc1cc(N(C)c2ccc(F)cc2)nc(C(C)C)n1. The second-order valence-electron chi connectivity index (χ2n) is 4.91. The number of nitrogens with zero attached hydrogens (tertiary/aromatic N) is 3. The molecule has 0 fully saturated rings. The van der Waals surface area contributed by atoms with E-state index < -0.39 is 0 Å². The summed E-state index contributed by atoms with van der Waals surface area (Å²) in [5, 5.41) is 3.04. The summed E-state index contributed by atoms with van der Waals surface area (Å²) in [6.45, 7) is 4.10. The predicted molar refractivity (Wildman–Crippen MR) is 80.1 cm³/mol. The van der Waals surface area contributed by atoms with Crippen LogP contribution in [-0.2, 0) is 0 Å². The van der Waals surface area contributed by atoms with Gasteiger partial charge in [-0.05, 0) is 24.3 Å². The third-order valence-electron chi connectivity index (χ3n) is 3.06. The maximum Gasteiger partial charge on any atom is 0.138 e. The van der Waals surface area contributed by atoms with E-state index in [2.05, 4.69) is 29.1 Å². The van der Waals surface area contributed by atoms with Gasteiger partial charge >= 0.3 is 0 Å². The minimum Gasteiger partial charge on any atom is -0.373 e. The van der Waals surface area contributed by atoms with Crippen LogP contribution in [0.2, 0.25) is 0 Å². The summed E-state index contributed by atoms with van der Waals surface area (Å²) in [7, 11) is 3.73. The second-order valence-corrected chi connectivity index (χ2v) is 4.91. The largest absolute Gasteiger partial charge is 0.373 e. The first kappa shape index (κ1) is 14.2. The molecule has 0 saturated carbocycles. The van der Waals surface area contributed by atoms with Crippen molar-refractivity contribution in [2.45, 2.75) is 19.8 Å². The van der Waals surface area contributed by atoms with Crippen molar-refractivity contribution < 1.29 is 4.39 Å². The van der Waals surface area contributed by atoms with Gasteiger partial charge in [0.15, 0.2) is 0 Å². The van der Waals surface area contributed by atoms with Crippen molar-refractivity contribution in [2.24, 2.45) is 0 Å². The van der Waals surface area contributed by atoms with Crippen LogP contribution in [0.5, 0.6) is 0 Å². The molecule has 1 aromatic heterocycles. The number of anilines is 3. The Bertz CT molecular complexity index is 581. The third-order valence-corrected chi connectivity index (χ3v) is 3.06. The Kier molecular flexibility index (Phi) is 4.17. The Labute approximate surface area is 118 Å². The van der Waals surface area contributed by atoms with E-state index in [1.54, 1.807) is 12.1 Å². The molecule has 0 bridgehead atoms. The summed E-state index contributed by atoms with van der Waals surface area (Å²) in [5.41, 5.74) is 0.877. The molecule has 1 aromatic carbocycles. The van der Waals surface area contributed by atoms with Gasteiger partial charge < -0.3 is 10.2 Å². The fraction of sp³-hybridized carbons (Fsp3) is 0.333. The predicted octanol–water partition coefficient (Wildman–Crippen LogP) is 3.55. The van der Waals surface area contributed by atoms with Gasteiger partial charge in [0.2, 0.25) is 0 Å². The van der Waals surface area contributed by atoms with Gasteiger partial charge in [-0.1, -0.05) is 13.8 Å². The normalized spacial score (nSPS) is 10.7. The average molecular weight is 274 g/mol. The van der Waals surface area contributed by atoms with Crippen LogP contribution in [0.3, 0.4) is 0 Å². The molecule has 5 heteroatoms. The van der Waals surface area contributed by atoms with Gasteiger partial charge in [-0.25, -0.2) is 14.4 Å². The van der Waals surface area contributed by atoms with Crippen LogP contribution in [0.4, 0.5) is 21.7 Å². The van der Waals surface area contributed by atoms with Crippen molar-refractivity contribution in [2.75, 3.05) is 24.3 Å². The summed E-state index contributed by atoms with van der Waals surface area (Å²) in [6.07, 6.45) is 0. The van der Waals surface area contributed by atoms with E-state index in [0.29, 0.717) is 0 Å². The Hall–Kier alpha value is -2.17. The number of hydrogen-bond acceptors (Lipinski definition) is 4. The topological polar surface area (TPSA) is 41.0 Å². The molecule has 20 heavy (non-hydrogen) atoms. The molecule has 1 N–H and O–H groups in total. The van der Waals surface area contributed by atoms with Crippen LogP contribution in [0.15, 0.2) is 30.3 Å². The van der Waals surface area contributed by atoms with Gasteiger partial charge in [0.1, 0.15) is 23.3 Å². The monoisotopic (exact) mass is 274 g/mol. The quantitative estimate of drug-likeness (QED) is 0.925. The van der Waals surface area contributed by atoms with Gasteiger partial charge in [0, 0.05) is 31.8 Å². The lowest BCUT2D eigenvalue weighted by molar-refractivity contribution is 0.628. The lowest BCUT2D eigenvalue weighted by Crippen LogP contribution is -2.14. The first-order valence-corrected chi connectivity index (χ1v) is 6.57. The maximum absolute atomic E-state index is 13.0. The Balaban J connectivity index is 2.40. The minimum absolute atomic E-state index is 0.240. The van der Waals surface area contributed by atoms with Gasteiger partial charge in [-0.3, -0.25) is 0 Å². The van der Waals surface area contributed by atoms with Crippen LogP contribution in [0.25, 0.3) is 0 Å². The van der Waals surface area contributed by atoms with E-state index in [-0.39, 0.29) is 11.7 Å². The van der Waals surface area contributed by atoms with E-state index in [9.17, 15) is 4.39 Å². The van der Waals surface area contributed by atoms with Crippen LogP contribution in [-0.4, -0.2) is 24.1 Å². The van der Waals surface area contributed by atoms with Gasteiger partial charge in [0.25, 0.3) is 0 Å². The third kappa shape index (κ3) is 3.04. The summed E-state index contributed by atoms with van der Waals surface area (Å²) < 4.78 is 13.0. The molecule has 2 rings (SSSR count). The number of aromatic nitrogens is 2. The molecule has 0 amide bonds. The van der Waals surface area contributed by atoms with Crippen LogP contribution in [0.1, 0.15) is 25.6 Å². The molecule has 106 valence electrons. The highest BCUT2D eigenvalue weighted by molar-refractivity contribution is 5.61. The van der Waals surface area contributed by atoms with Crippen molar-refractivity contribution >= 4 is 17.3 Å². The Morgan fingerprint density at radius 2 is 1.80 bits per heavy atom. The molecule has 0 atom stereocenters. The van der Waals surface area contributed by atoms with Crippen molar-refractivity contribution in [3.8, 4) is 0 Å². The molecule has 0 aliphatic carbocycles. The first-order valence-electron chi connectivity index (χ1n) is 6.57. The molecule has 0 unspecified atom stereocenters. The maximum atomic E-state index is 13.0. The summed E-state index contributed by atoms with van der Waals surface area (Å²) >= 11 is 0. The lowest BCUT2D eigenvalue weighted by Gasteiger charge is -2.20. The summed E-state index contributed by atoms with van der Waals surface area (Å²) in [5.74, 6) is 2.32. The molecular formula is C15H19FN4. The minimum atomic E-state index is -0.247. The van der Waals surface area contributed by atoms with Crippen molar-refractivity contribution in [3.05, 3.63) is 42.0 Å². The van der Waals surface area contributed by atoms with E-state index in [0.717, 1.165) is 23.1 Å².